The largest absolute Gasteiger partial charge is 0.353 e. The van der Waals surface area contributed by atoms with Crippen molar-refractivity contribution in [1.29, 1.82) is 0 Å². The summed E-state index contributed by atoms with van der Waals surface area (Å²) < 4.78 is 1.95. The van der Waals surface area contributed by atoms with Crippen LogP contribution in [-0.2, 0) is 23.3 Å². The van der Waals surface area contributed by atoms with Crippen LogP contribution in [0.1, 0.15) is 37.1 Å². The number of nitrogens with one attached hydrogen (secondary N) is 1. The fourth-order valence-corrected chi connectivity index (χ4v) is 5.26. The Morgan fingerprint density at radius 2 is 2.04 bits per heavy atom. The van der Waals surface area contributed by atoms with E-state index in [0.717, 1.165) is 40.9 Å². The van der Waals surface area contributed by atoms with E-state index in [0.29, 0.717) is 21.8 Å². The Bertz CT molecular complexity index is 794. The van der Waals surface area contributed by atoms with Crippen molar-refractivity contribution in [3.63, 3.8) is 0 Å². The summed E-state index contributed by atoms with van der Waals surface area (Å²) >= 11 is 15.3. The molecule has 1 amide bonds. The van der Waals surface area contributed by atoms with Crippen LogP contribution in [0.2, 0.25) is 10.0 Å². The number of thioether (sulfide) groups is 2. The zero-order chi connectivity index (χ0) is 19.2. The number of halogens is 2. The molecule has 1 fully saturated rings. The second-order valence-corrected chi connectivity index (χ2v) is 9.30. The number of nitrogens with zero attached hydrogens (tertiary/aromatic N) is 3. The Morgan fingerprint density at radius 1 is 1.26 bits per heavy atom. The molecule has 1 N–H and O–H groups in total. The average Bonchev–Trinajstić information content (AvgIpc) is 3.26. The third kappa shape index (κ3) is 6.04. The molecular weight excluding hydrogens is 423 g/mol. The summed E-state index contributed by atoms with van der Waals surface area (Å²) in [6.07, 6.45) is 4.62. The van der Waals surface area contributed by atoms with Crippen LogP contribution in [0.4, 0.5) is 0 Å². The normalized spacial score (nSPS) is 14.6. The van der Waals surface area contributed by atoms with Crippen LogP contribution >= 0.6 is 46.7 Å². The third-order valence-electron chi connectivity index (χ3n) is 4.48. The molecule has 1 aliphatic carbocycles. The lowest BCUT2D eigenvalue weighted by atomic mass is 10.2. The second kappa shape index (κ2) is 10.0. The van der Waals surface area contributed by atoms with Gasteiger partial charge in [-0.2, -0.15) is 0 Å². The van der Waals surface area contributed by atoms with Gasteiger partial charge in [-0.25, -0.2) is 0 Å². The molecule has 0 spiro atoms. The molecule has 0 atom stereocenters. The Balaban J connectivity index is 1.45. The summed E-state index contributed by atoms with van der Waals surface area (Å²) in [5, 5.41) is 13.6. The van der Waals surface area contributed by atoms with Crippen molar-refractivity contribution in [2.45, 2.75) is 48.4 Å². The maximum absolute atomic E-state index is 12.1. The number of carbonyl (C=O) groups excluding carboxylic acids is 1. The van der Waals surface area contributed by atoms with Gasteiger partial charge in [-0.05, 0) is 30.5 Å². The summed E-state index contributed by atoms with van der Waals surface area (Å²) in [5.74, 6) is 2.81. The molecule has 0 unspecified atom stereocenters. The second-order valence-electron chi connectivity index (χ2n) is 6.52. The fourth-order valence-electron chi connectivity index (χ4n) is 2.96. The van der Waals surface area contributed by atoms with Crippen molar-refractivity contribution < 1.29 is 4.79 Å². The van der Waals surface area contributed by atoms with Gasteiger partial charge in [0, 0.05) is 28.9 Å². The van der Waals surface area contributed by atoms with Crippen LogP contribution in [0, 0.1) is 0 Å². The Morgan fingerprint density at radius 3 is 2.78 bits per heavy atom. The number of aromatic nitrogens is 3. The number of rotatable bonds is 8. The van der Waals surface area contributed by atoms with E-state index in [1.165, 1.54) is 24.6 Å². The molecule has 3 rings (SSSR count). The molecule has 1 aromatic carbocycles. The van der Waals surface area contributed by atoms with E-state index in [9.17, 15) is 4.79 Å². The van der Waals surface area contributed by atoms with E-state index in [-0.39, 0.29) is 5.91 Å². The van der Waals surface area contributed by atoms with Gasteiger partial charge in [0.25, 0.3) is 0 Å². The molecule has 0 bridgehead atoms. The van der Waals surface area contributed by atoms with Crippen molar-refractivity contribution in [1.82, 2.24) is 20.1 Å². The number of amides is 1. The van der Waals surface area contributed by atoms with Gasteiger partial charge in [0.15, 0.2) is 5.16 Å². The molecule has 0 radical (unpaired) electrons. The Labute approximate surface area is 178 Å². The monoisotopic (exact) mass is 444 g/mol. The summed E-state index contributed by atoms with van der Waals surface area (Å²) in [6, 6.07) is 5.90. The minimum absolute atomic E-state index is 0.0724. The standard InChI is InChI=1S/C18H22Cl2N4OS2/c1-24-16(10-26-9-12-6-7-13(19)8-15(12)20)22-23-18(24)27-11-17(25)21-14-4-2-3-5-14/h6-8,14H,2-5,9-11H2,1H3,(H,21,25). The van der Waals surface area contributed by atoms with E-state index in [1.807, 2.05) is 23.7 Å². The molecule has 5 nitrogen and oxygen atoms in total. The van der Waals surface area contributed by atoms with Crippen LogP contribution in [0.5, 0.6) is 0 Å². The zero-order valence-corrected chi connectivity index (χ0v) is 18.2. The van der Waals surface area contributed by atoms with Gasteiger partial charge in [0.2, 0.25) is 5.91 Å². The maximum Gasteiger partial charge on any atom is 0.230 e. The molecule has 1 aromatic heterocycles. The zero-order valence-electron chi connectivity index (χ0n) is 15.1. The molecule has 1 heterocycles. The van der Waals surface area contributed by atoms with Gasteiger partial charge >= 0.3 is 0 Å². The van der Waals surface area contributed by atoms with Crippen LogP contribution in [0.15, 0.2) is 23.4 Å². The summed E-state index contributed by atoms with van der Waals surface area (Å²) in [5.41, 5.74) is 1.05. The van der Waals surface area contributed by atoms with Crippen LogP contribution in [0.25, 0.3) is 0 Å². The van der Waals surface area contributed by atoms with Crippen molar-refractivity contribution in [3.05, 3.63) is 39.6 Å². The number of hydrogen-bond donors (Lipinski definition) is 1. The highest BCUT2D eigenvalue weighted by molar-refractivity contribution is 7.99. The van der Waals surface area contributed by atoms with Crippen LogP contribution in [0.3, 0.4) is 0 Å². The van der Waals surface area contributed by atoms with Crippen molar-refractivity contribution in [3.8, 4) is 0 Å². The molecule has 146 valence electrons. The molecule has 9 heteroatoms. The van der Waals surface area contributed by atoms with E-state index in [2.05, 4.69) is 15.5 Å². The molecular formula is C18H22Cl2N4OS2. The first-order valence-electron chi connectivity index (χ1n) is 8.85. The van der Waals surface area contributed by atoms with Gasteiger partial charge < -0.3 is 9.88 Å². The Hall–Kier alpha value is -0.890. The fraction of sp³-hybridized carbons (Fsp3) is 0.500. The number of hydrogen-bond acceptors (Lipinski definition) is 5. The third-order valence-corrected chi connectivity index (χ3v) is 7.07. The minimum atomic E-state index is 0.0724. The van der Waals surface area contributed by atoms with E-state index >= 15 is 0 Å². The predicted molar refractivity (Wildman–Crippen MR) is 114 cm³/mol. The van der Waals surface area contributed by atoms with Gasteiger partial charge in [0.1, 0.15) is 5.82 Å². The van der Waals surface area contributed by atoms with E-state index in [4.69, 9.17) is 23.2 Å². The first kappa shape index (κ1) is 20.8. The van der Waals surface area contributed by atoms with Gasteiger partial charge in [-0.3, -0.25) is 4.79 Å². The first-order chi connectivity index (χ1) is 13.0. The van der Waals surface area contributed by atoms with Gasteiger partial charge in [0.05, 0.1) is 11.5 Å². The lowest BCUT2D eigenvalue weighted by Gasteiger charge is -2.11. The molecule has 0 saturated heterocycles. The van der Waals surface area contributed by atoms with Crippen molar-refractivity contribution >= 4 is 52.6 Å². The van der Waals surface area contributed by atoms with Gasteiger partial charge in [-0.1, -0.05) is 53.9 Å². The van der Waals surface area contributed by atoms with Crippen molar-refractivity contribution in [2.75, 3.05) is 5.75 Å². The lowest BCUT2D eigenvalue weighted by Crippen LogP contribution is -2.33. The predicted octanol–water partition coefficient (Wildman–Crippen LogP) is 4.71. The first-order valence-corrected chi connectivity index (χ1v) is 11.7. The molecule has 27 heavy (non-hydrogen) atoms. The SMILES string of the molecule is Cn1c(CSCc2ccc(Cl)cc2Cl)nnc1SCC(=O)NC1CCCC1. The minimum Gasteiger partial charge on any atom is -0.353 e. The molecule has 2 aromatic rings. The quantitative estimate of drug-likeness (QED) is 0.597. The highest BCUT2D eigenvalue weighted by Gasteiger charge is 2.18. The smallest absolute Gasteiger partial charge is 0.230 e. The highest BCUT2D eigenvalue weighted by atomic mass is 35.5. The summed E-state index contributed by atoms with van der Waals surface area (Å²) in [7, 11) is 1.93. The van der Waals surface area contributed by atoms with Crippen LogP contribution in [-0.4, -0.2) is 32.5 Å². The number of benzene rings is 1. The van der Waals surface area contributed by atoms with E-state index < -0.39 is 0 Å². The molecule has 1 saturated carbocycles. The van der Waals surface area contributed by atoms with Crippen molar-refractivity contribution in [2.24, 2.45) is 7.05 Å². The summed E-state index contributed by atoms with van der Waals surface area (Å²) in [4.78, 5) is 12.1. The lowest BCUT2D eigenvalue weighted by molar-refractivity contribution is -0.119. The highest BCUT2D eigenvalue weighted by Crippen LogP contribution is 2.26. The molecule has 0 aliphatic heterocycles. The Kier molecular flexibility index (Phi) is 7.75. The molecule has 1 aliphatic rings. The topological polar surface area (TPSA) is 59.8 Å². The summed E-state index contributed by atoms with van der Waals surface area (Å²) in [6.45, 7) is 0. The maximum atomic E-state index is 12.1. The van der Waals surface area contributed by atoms with Gasteiger partial charge in [-0.15, -0.1) is 22.0 Å². The van der Waals surface area contributed by atoms with E-state index in [1.54, 1.807) is 17.8 Å². The van der Waals surface area contributed by atoms with Crippen LogP contribution < -0.4 is 5.32 Å². The average molecular weight is 445 g/mol. The number of carbonyl (C=O) groups is 1.